The van der Waals surface area contributed by atoms with Crippen molar-refractivity contribution < 1.29 is 19.7 Å². The minimum atomic E-state index is -0.305. The van der Waals surface area contributed by atoms with E-state index in [1.165, 1.54) is 17.2 Å². The molecule has 2 atom stereocenters. The first-order valence-corrected chi connectivity index (χ1v) is 15.0. The van der Waals surface area contributed by atoms with Crippen molar-refractivity contribution in [1.29, 1.82) is 0 Å². The molecule has 0 fully saturated rings. The quantitative estimate of drug-likeness (QED) is 0.157. The fourth-order valence-electron chi connectivity index (χ4n) is 6.88. The number of aryl methyl sites for hydroxylation is 4. The van der Waals surface area contributed by atoms with Gasteiger partial charge in [0.05, 0.1) is 35.0 Å². The van der Waals surface area contributed by atoms with Crippen molar-refractivity contribution in [3.05, 3.63) is 64.0 Å². The molecule has 9 heteroatoms. The van der Waals surface area contributed by atoms with Gasteiger partial charge in [0.25, 0.3) is 0 Å². The number of rotatable bonds is 5. The first-order valence-electron chi connectivity index (χ1n) is 15.0. The van der Waals surface area contributed by atoms with E-state index in [-0.39, 0.29) is 36.0 Å². The third-order valence-electron chi connectivity index (χ3n) is 9.60. The van der Waals surface area contributed by atoms with E-state index in [1.807, 2.05) is 19.1 Å². The number of aromatic amines is 2. The highest BCUT2D eigenvalue weighted by molar-refractivity contribution is 5.96. The molecule has 3 aromatic heterocycles. The van der Waals surface area contributed by atoms with Crippen LogP contribution in [0.15, 0.2) is 24.8 Å². The number of esters is 1. The molecule has 0 aromatic carbocycles. The number of aromatic nitrogens is 5. The summed E-state index contributed by atoms with van der Waals surface area (Å²) in [7, 11) is 3.01. The van der Waals surface area contributed by atoms with Gasteiger partial charge in [-0.25, -0.2) is 4.98 Å². The Morgan fingerprint density at radius 3 is 2.41 bits per heavy atom. The first-order chi connectivity index (χ1) is 21.0. The van der Waals surface area contributed by atoms with E-state index < -0.39 is 0 Å². The van der Waals surface area contributed by atoms with Gasteiger partial charge in [-0.15, -0.1) is 0 Å². The maximum atomic E-state index is 12.3. The van der Waals surface area contributed by atoms with Crippen molar-refractivity contribution >= 4 is 45.0 Å². The molecule has 9 nitrogen and oxygen atoms in total. The molecule has 6 heterocycles. The summed E-state index contributed by atoms with van der Waals surface area (Å²) in [6, 6.07) is 6.19. The zero-order chi connectivity index (χ0) is 31.6. The summed E-state index contributed by atoms with van der Waals surface area (Å²) in [6.45, 7) is 14.4. The molecule has 228 valence electrons. The minimum absolute atomic E-state index is 0.0732. The van der Waals surface area contributed by atoms with E-state index in [9.17, 15) is 15.0 Å². The fraction of sp³-hybridized carbons (Fsp3) is 0.343. The van der Waals surface area contributed by atoms with Crippen LogP contribution in [-0.4, -0.2) is 47.8 Å². The van der Waals surface area contributed by atoms with Crippen LogP contribution in [0.4, 0.5) is 0 Å². The van der Waals surface area contributed by atoms with Crippen LogP contribution in [0.1, 0.15) is 77.7 Å². The van der Waals surface area contributed by atoms with Crippen LogP contribution >= 0.6 is 0 Å². The van der Waals surface area contributed by atoms with E-state index in [0.717, 1.165) is 56.4 Å². The number of nitrogens with zero attached hydrogens (tertiary/aromatic N) is 3. The molecule has 0 aliphatic carbocycles. The number of hydrogen-bond donors (Lipinski definition) is 4. The summed E-state index contributed by atoms with van der Waals surface area (Å²) in [5.41, 5.74) is 12.2. The minimum Gasteiger partial charge on any atom is -0.494 e. The standard InChI is InChI=1S/C35H39N5O4/c1-9-20-16(3)23-13-25-18(5)22(11-12-29(41)44-8)32(38-25)31-33-30(34(42)40(7)35(31)43)19(6)26(39-33)15-28-21(10-2)17(4)24(37-28)14-27(20)36-23/h9,13-15,18,22,36-37,42-43H,1,10-12H2,2-8H3/t18-,22-/m0/s1. The zero-order valence-electron chi connectivity index (χ0n) is 26.3. The number of pyridine rings is 1. The van der Waals surface area contributed by atoms with Gasteiger partial charge >= 0.3 is 5.97 Å². The van der Waals surface area contributed by atoms with Gasteiger partial charge in [0, 0.05) is 58.6 Å². The molecule has 0 amide bonds. The number of carbonyl (C=O) groups excluding carboxylic acids is 1. The SMILES string of the molecule is C=Cc1c(C)c2cc3nc(c4c5nc(cc6[nH]c(cc1[nH]2)c(C)c6CC)c(C)c-5c(O)n(C)c4O)[C@@H](CCC(=O)OC)[C@@H]3C. The Labute approximate surface area is 255 Å². The number of aromatic hydroxyl groups is 2. The van der Waals surface area contributed by atoms with Gasteiger partial charge in [-0.3, -0.25) is 14.3 Å². The second kappa shape index (κ2) is 10.7. The molecule has 0 unspecified atom stereocenters. The number of ether oxygens (including phenoxy) is 1. The van der Waals surface area contributed by atoms with Crippen LogP contribution < -0.4 is 0 Å². The molecule has 3 aromatic rings. The lowest BCUT2D eigenvalue weighted by Gasteiger charge is -2.19. The number of nitrogens with one attached hydrogen (secondary N) is 2. The van der Waals surface area contributed by atoms with Crippen molar-refractivity contribution in [3.63, 3.8) is 0 Å². The predicted octanol–water partition coefficient (Wildman–Crippen LogP) is 7.42. The van der Waals surface area contributed by atoms with Crippen molar-refractivity contribution in [2.75, 3.05) is 7.11 Å². The van der Waals surface area contributed by atoms with Gasteiger partial charge in [-0.2, -0.15) is 0 Å². The van der Waals surface area contributed by atoms with Gasteiger partial charge in [-0.1, -0.05) is 26.5 Å². The monoisotopic (exact) mass is 593 g/mol. The van der Waals surface area contributed by atoms with Crippen LogP contribution in [0.25, 0.3) is 50.3 Å². The van der Waals surface area contributed by atoms with Crippen LogP contribution in [-0.2, 0) is 23.0 Å². The van der Waals surface area contributed by atoms with E-state index in [0.29, 0.717) is 34.3 Å². The second-order valence-corrected chi connectivity index (χ2v) is 11.9. The number of methoxy groups -OCH3 is 1. The summed E-state index contributed by atoms with van der Waals surface area (Å²) in [6.07, 6.45) is 3.36. The van der Waals surface area contributed by atoms with Gasteiger partial charge in [-0.05, 0) is 74.1 Å². The highest BCUT2D eigenvalue weighted by atomic mass is 16.5. The molecule has 8 bridgehead atoms. The van der Waals surface area contributed by atoms with E-state index in [4.69, 9.17) is 14.7 Å². The molecule has 3 aliphatic heterocycles. The van der Waals surface area contributed by atoms with Crippen molar-refractivity contribution in [2.24, 2.45) is 7.05 Å². The number of carbonyl (C=O) groups is 1. The van der Waals surface area contributed by atoms with Crippen LogP contribution in [0.3, 0.4) is 0 Å². The average Bonchev–Trinajstić information content (AvgIpc) is 3.68. The predicted molar refractivity (Wildman–Crippen MR) is 175 cm³/mol. The highest BCUT2D eigenvalue weighted by Gasteiger charge is 2.35. The number of H-pyrrole nitrogens is 2. The average molecular weight is 594 g/mol. The smallest absolute Gasteiger partial charge is 0.305 e. The fourth-order valence-corrected chi connectivity index (χ4v) is 6.88. The zero-order valence-corrected chi connectivity index (χ0v) is 26.3. The molecule has 0 spiro atoms. The molecular weight excluding hydrogens is 554 g/mol. The molecular formula is C35H39N5O4. The van der Waals surface area contributed by atoms with E-state index in [1.54, 1.807) is 7.05 Å². The molecule has 3 aliphatic rings. The van der Waals surface area contributed by atoms with Crippen molar-refractivity contribution in [3.8, 4) is 23.0 Å². The summed E-state index contributed by atoms with van der Waals surface area (Å²) in [4.78, 5) is 29.7. The first kappa shape index (κ1) is 29.3. The lowest BCUT2D eigenvalue weighted by molar-refractivity contribution is -0.140. The number of hydrogen-bond acceptors (Lipinski definition) is 6. The molecule has 0 saturated heterocycles. The maximum absolute atomic E-state index is 12.3. The van der Waals surface area contributed by atoms with Gasteiger partial charge in [0.1, 0.15) is 0 Å². The normalized spacial score (nSPS) is 15.8. The lowest BCUT2D eigenvalue weighted by atomic mass is 9.85. The Bertz CT molecular complexity index is 2080. The largest absolute Gasteiger partial charge is 0.494 e. The summed E-state index contributed by atoms with van der Waals surface area (Å²) >= 11 is 0. The molecule has 4 N–H and O–H groups in total. The van der Waals surface area contributed by atoms with Gasteiger partial charge in [0.2, 0.25) is 11.8 Å². The second-order valence-electron chi connectivity index (χ2n) is 11.9. The Kier molecular flexibility index (Phi) is 7.14. The Hall–Kier alpha value is -4.79. The van der Waals surface area contributed by atoms with Gasteiger partial charge < -0.3 is 24.9 Å². The van der Waals surface area contributed by atoms with E-state index >= 15 is 0 Å². The summed E-state index contributed by atoms with van der Waals surface area (Å²) < 4.78 is 6.34. The third kappa shape index (κ3) is 4.32. The topological polar surface area (TPSA) is 129 Å². The van der Waals surface area contributed by atoms with Crippen molar-refractivity contribution in [1.82, 2.24) is 24.5 Å². The molecule has 0 saturated carbocycles. The maximum Gasteiger partial charge on any atom is 0.305 e. The van der Waals surface area contributed by atoms with E-state index in [2.05, 4.69) is 56.4 Å². The Morgan fingerprint density at radius 2 is 1.73 bits per heavy atom. The number of fused-ring (bicyclic) bond motifs is 8. The van der Waals surface area contributed by atoms with Crippen LogP contribution in [0.5, 0.6) is 11.8 Å². The Balaban J connectivity index is 1.85. The summed E-state index contributed by atoms with van der Waals surface area (Å²) in [5, 5.41) is 23.3. The lowest BCUT2D eigenvalue weighted by Crippen LogP contribution is -2.08. The Morgan fingerprint density at radius 1 is 1.02 bits per heavy atom. The summed E-state index contributed by atoms with van der Waals surface area (Å²) in [5.74, 6) is -0.803. The van der Waals surface area contributed by atoms with Gasteiger partial charge in [0.15, 0.2) is 0 Å². The van der Waals surface area contributed by atoms with Crippen LogP contribution in [0.2, 0.25) is 0 Å². The molecule has 44 heavy (non-hydrogen) atoms. The van der Waals surface area contributed by atoms with Crippen molar-refractivity contribution in [2.45, 2.75) is 65.7 Å². The third-order valence-corrected chi connectivity index (χ3v) is 9.60. The van der Waals surface area contributed by atoms with Crippen LogP contribution in [0, 0.1) is 20.8 Å². The highest BCUT2D eigenvalue weighted by Crippen LogP contribution is 2.49. The molecule has 0 radical (unpaired) electrons. The molecule has 6 rings (SSSR count).